The number of ether oxygens (including phenoxy) is 1. The summed E-state index contributed by atoms with van der Waals surface area (Å²) in [6.45, 7) is 0. The van der Waals surface area contributed by atoms with Crippen molar-refractivity contribution in [1.82, 2.24) is 5.32 Å². The van der Waals surface area contributed by atoms with Gasteiger partial charge in [0.05, 0.1) is 25.1 Å². The molecule has 0 fully saturated rings. The number of esters is 1. The molecule has 1 amide bonds. The second kappa shape index (κ2) is 7.51. The number of benzene rings is 1. The molecule has 1 aromatic carbocycles. The van der Waals surface area contributed by atoms with E-state index in [0.29, 0.717) is 4.47 Å². The maximum absolute atomic E-state index is 13.3. The third kappa shape index (κ3) is 4.14. The minimum absolute atomic E-state index is 0.00961. The number of hydrogen-bond donors (Lipinski definition) is 1. The van der Waals surface area contributed by atoms with Gasteiger partial charge in [0.1, 0.15) is 5.82 Å². The Labute approximate surface area is 139 Å². The van der Waals surface area contributed by atoms with Crippen molar-refractivity contribution in [3.05, 3.63) is 56.4 Å². The molecule has 1 N–H and O–H groups in total. The summed E-state index contributed by atoms with van der Waals surface area (Å²) in [5.41, 5.74) is 0.173. The topological polar surface area (TPSA) is 55.4 Å². The molecule has 1 atom stereocenters. The molecule has 7 heteroatoms. The molecule has 0 unspecified atom stereocenters. The Morgan fingerprint density at radius 3 is 2.82 bits per heavy atom. The van der Waals surface area contributed by atoms with Crippen molar-refractivity contribution in [3.63, 3.8) is 0 Å². The van der Waals surface area contributed by atoms with E-state index in [-0.39, 0.29) is 12.0 Å². The Morgan fingerprint density at radius 2 is 2.18 bits per heavy atom. The minimum atomic E-state index is -0.518. The zero-order valence-corrected chi connectivity index (χ0v) is 14.0. The maximum atomic E-state index is 13.3. The van der Waals surface area contributed by atoms with Gasteiger partial charge in [0.25, 0.3) is 5.91 Å². The Kier molecular flexibility index (Phi) is 5.68. The third-order valence-electron chi connectivity index (χ3n) is 2.96. The van der Waals surface area contributed by atoms with Crippen LogP contribution in [0.3, 0.4) is 0 Å². The van der Waals surface area contributed by atoms with Gasteiger partial charge in [-0.25, -0.2) is 4.39 Å². The number of amides is 1. The molecule has 0 saturated carbocycles. The SMILES string of the molecule is COC(=O)C[C@@H](NC(=O)c1cc(F)ccc1Br)c1cccs1. The van der Waals surface area contributed by atoms with Gasteiger partial charge < -0.3 is 10.1 Å². The van der Waals surface area contributed by atoms with Crippen LogP contribution in [0.1, 0.15) is 27.7 Å². The molecule has 116 valence electrons. The quantitative estimate of drug-likeness (QED) is 0.798. The van der Waals surface area contributed by atoms with Crippen LogP contribution in [0.4, 0.5) is 4.39 Å². The lowest BCUT2D eigenvalue weighted by molar-refractivity contribution is -0.141. The second-order valence-electron chi connectivity index (χ2n) is 4.45. The Balaban J connectivity index is 2.21. The first-order valence-electron chi connectivity index (χ1n) is 6.37. The highest BCUT2D eigenvalue weighted by atomic mass is 79.9. The summed E-state index contributed by atoms with van der Waals surface area (Å²) >= 11 is 4.64. The predicted molar refractivity (Wildman–Crippen MR) is 85.3 cm³/mol. The molecule has 0 bridgehead atoms. The maximum Gasteiger partial charge on any atom is 0.307 e. The molecule has 0 spiro atoms. The van der Waals surface area contributed by atoms with E-state index in [9.17, 15) is 14.0 Å². The van der Waals surface area contributed by atoms with Crippen molar-refractivity contribution in [2.24, 2.45) is 0 Å². The average Bonchev–Trinajstić information content (AvgIpc) is 3.03. The standard InChI is InChI=1S/C15H13BrFNO3S/c1-21-14(19)8-12(13-3-2-6-22-13)18-15(20)10-7-9(17)4-5-11(10)16/h2-7,12H,8H2,1H3,(H,18,20)/t12-/m1/s1. The highest BCUT2D eigenvalue weighted by Gasteiger charge is 2.21. The lowest BCUT2D eigenvalue weighted by Crippen LogP contribution is -2.30. The first kappa shape index (κ1) is 16.6. The molecule has 0 aliphatic carbocycles. The van der Waals surface area contributed by atoms with Crippen LogP contribution in [0.2, 0.25) is 0 Å². The molecule has 2 rings (SSSR count). The molecular formula is C15H13BrFNO3S. The first-order chi connectivity index (χ1) is 10.5. The number of halogens is 2. The van der Waals surface area contributed by atoms with Gasteiger partial charge in [-0.3, -0.25) is 9.59 Å². The van der Waals surface area contributed by atoms with Crippen molar-refractivity contribution >= 4 is 39.1 Å². The number of carbonyl (C=O) groups is 2. The van der Waals surface area contributed by atoms with Gasteiger partial charge in [-0.2, -0.15) is 0 Å². The average molecular weight is 386 g/mol. The summed E-state index contributed by atoms with van der Waals surface area (Å²) < 4.78 is 18.4. The molecule has 4 nitrogen and oxygen atoms in total. The summed E-state index contributed by atoms with van der Waals surface area (Å²) in [6, 6.07) is 6.99. The highest BCUT2D eigenvalue weighted by molar-refractivity contribution is 9.10. The number of thiophene rings is 1. The van der Waals surface area contributed by atoms with Crippen LogP contribution in [0.15, 0.2) is 40.2 Å². The molecule has 22 heavy (non-hydrogen) atoms. The van der Waals surface area contributed by atoms with Crippen molar-refractivity contribution in [1.29, 1.82) is 0 Å². The van der Waals surface area contributed by atoms with E-state index in [0.717, 1.165) is 10.9 Å². The first-order valence-corrected chi connectivity index (χ1v) is 8.04. The zero-order chi connectivity index (χ0) is 16.1. The molecule has 0 aliphatic heterocycles. The summed E-state index contributed by atoms with van der Waals surface area (Å²) in [5.74, 6) is -1.40. The minimum Gasteiger partial charge on any atom is -0.469 e. The normalized spacial score (nSPS) is 11.8. The van der Waals surface area contributed by atoms with Gasteiger partial charge in [-0.15, -0.1) is 11.3 Å². The highest BCUT2D eigenvalue weighted by Crippen LogP contribution is 2.24. The van der Waals surface area contributed by atoms with Crippen LogP contribution in [0.5, 0.6) is 0 Å². The van der Waals surface area contributed by atoms with Crippen LogP contribution in [0, 0.1) is 5.82 Å². The van der Waals surface area contributed by atoms with Gasteiger partial charge in [0, 0.05) is 9.35 Å². The third-order valence-corrected chi connectivity index (χ3v) is 4.64. The van der Waals surface area contributed by atoms with E-state index >= 15 is 0 Å². The van der Waals surface area contributed by atoms with E-state index in [2.05, 4.69) is 26.0 Å². The van der Waals surface area contributed by atoms with Gasteiger partial charge >= 0.3 is 5.97 Å². The number of carbonyl (C=O) groups excluding carboxylic acids is 2. The number of nitrogens with one attached hydrogen (secondary N) is 1. The lowest BCUT2D eigenvalue weighted by atomic mass is 10.1. The van der Waals surface area contributed by atoms with Crippen molar-refractivity contribution in [2.45, 2.75) is 12.5 Å². The molecular weight excluding hydrogens is 373 g/mol. The van der Waals surface area contributed by atoms with Crippen molar-refractivity contribution in [2.75, 3.05) is 7.11 Å². The van der Waals surface area contributed by atoms with Gasteiger partial charge in [-0.1, -0.05) is 6.07 Å². The van der Waals surface area contributed by atoms with Crippen LogP contribution in [-0.2, 0) is 9.53 Å². The Bertz CT molecular complexity index is 675. The van der Waals surface area contributed by atoms with E-state index in [1.807, 2.05) is 17.5 Å². The van der Waals surface area contributed by atoms with Crippen LogP contribution < -0.4 is 5.32 Å². The Hall–Kier alpha value is -1.73. The van der Waals surface area contributed by atoms with Gasteiger partial charge in [0.2, 0.25) is 0 Å². The zero-order valence-electron chi connectivity index (χ0n) is 11.6. The fourth-order valence-electron chi connectivity index (χ4n) is 1.87. The van der Waals surface area contributed by atoms with Gasteiger partial charge in [0.15, 0.2) is 0 Å². The number of hydrogen-bond acceptors (Lipinski definition) is 4. The molecule has 1 aromatic heterocycles. The van der Waals surface area contributed by atoms with E-state index in [4.69, 9.17) is 0 Å². The van der Waals surface area contributed by atoms with Gasteiger partial charge in [-0.05, 0) is 45.6 Å². The summed E-state index contributed by atoms with van der Waals surface area (Å²) in [4.78, 5) is 24.7. The summed E-state index contributed by atoms with van der Waals surface area (Å²) in [6.07, 6.45) is 0.00961. The van der Waals surface area contributed by atoms with Crippen molar-refractivity contribution < 1.29 is 18.7 Å². The smallest absolute Gasteiger partial charge is 0.307 e. The largest absolute Gasteiger partial charge is 0.469 e. The number of methoxy groups -OCH3 is 1. The van der Waals surface area contributed by atoms with E-state index < -0.39 is 23.7 Å². The summed E-state index contributed by atoms with van der Waals surface area (Å²) in [7, 11) is 1.29. The van der Waals surface area contributed by atoms with Crippen LogP contribution >= 0.6 is 27.3 Å². The monoisotopic (exact) mass is 385 g/mol. The number of rotatable bonds is 5. The Morgan fingerprint density at radius 1 is 1.41 bits per heavy atom. The molecule has 0 saturated heterocycles. The molecule has 0 radical (unpaired) electrons. The van der Waals surface area contributed by atoms with Crippen molar-refractivity contribution in [3.8, 4) is 0 Å². The summed E-state index contributed by atoms with van der Waals surface area (Å²) in [5, 5.41) is 4.59. The van der Waals surface area contributed by atoms with Crippen LogP contribution in [0.25, 0.3) is 0 Å². The predicted octanol–water partition coefficient (Wildman–Crippen LogP) is 3.68. The molecule has 2 aromatic rings. The van der Waals surface area contributed by atoms with E-state index in [1.165, 1.54) is 30.6 Å². The van der Waals surface area contributed by atoms with E-state index in [1.54, 1.807) is 0 Å². The second-order valence-corrected chi connectivity index (χ2v) is 6.28. The fraction of sp³-hybridized carbons (Fsp3) is 0.200. The van der Waals surface area contributed by atoms with Crippen LogP contribution in [-0.4, -0.2) is 19.0 Å². The molecule has 0 aliphatic rings. The lowest BCUT2D eigenvalue weighted by Gasteiger charge is -2.17. The molecule has 1 heterocycles. The fourth-order valence-corrected chi connectivity index (χ4v) is 3.07.